The number of carbonyl (C=O) groups excluding carboxylic acids is 1. The molecule has 0 fully saturated rings. The molecule has 0 bridgehead atoms. The van der Waals surface area contributed by atoms with E-state index in [1.807, 2.05) is 18.2 Å². The van der Waals surface area contributed by atoms with Crippen molar-refractivity contribution in [3.8, 4) is 0 Å². The highest BCUT2D eigenvalue weighted by Crippen LogP contribution is 2.27. The summed E-state index contributed by atoms with van der Waals surface area (Å²) in [5, 5.41) is 8.44. The lowest BCUT2D eigenvalue weighted by molar-refractivity contribution is -0.124. The predicted octanol–water partition coefficient (Wildman–Crippen LogP) is 2.97. The highest BCUT2D eigenvalue weighted by molar-refractivity contribution is 7.92. The summed E-state index contributed by atoms with van der Waals surface area (Å²) in [6.07, 6.45) is 8.24. The van der Waals surface area contributed by atoms with E-state index in [0.29, 0.717) is 11.3 Å². The van der Waals surface area contributed by atoms with Gasteiger partial charge in [-0.05, 0) is 53.8 Å². The molecule has 6 nitrogen and oxygen atoms in total. The van der Waals surface area contributed by atoms with Crippen molar-refractivity contribution in [2.75, 3.05) is 4.72 Å². The number of benzene rings is 2. The monoisotopic (exact) mass is 370 g/mol. The number of hydrogen-bond acceptors (Lipinski definition) is 4. The Kier molecular flexibility index (Phi) is 5.20. The van der Waals surface area contributed by atoms with Crippen LogP contribution in [-0.4, -0.2) is 19.5 Å². The van der Waals surface area contributed by atoms with Crippen LogP contribution >= 0.6 is 0 Å². The average Bonchev–Trinajstić information content (AvgIpc) is 2.66. The van der Waals surface area contributed by atoms with Gasteiger partial charge in [0.05, 0.1) is 4.90 Å². The number of amides is 1. The van der Waals surface area contributed by atoms with Crippen LogP contribution in [0.5, 0.6) is 0 Å². The minimum atomic E-state index is -3.71. The van der Waals surface area contributed by atoms with Gasteiger partial charge in [0.15, 0.2) is 0 Å². The van der Waals surface area contributed by atoms with Crippen LogP contribution in [0.3, 0.4) is 0 Å². The largest absolute Gasteiger partial charge is 0.288 e. The van der Waals surface area contributed by atoms with Gasteiger partial charge in [-0.1, -0.05) is 36.4 Å². The van der Waals surface area contributed by atoms with Gasteiger partial charge in [0.2, 0.25) is 0 Å². The molecule has 3 N–H and O–H groups in total. The maximum absolute atomic E-state index is 12.8. The Balaban J connectivity index is 1.82. The Hall–Kier alpha value is -2.90. The summed E-state index contributed by atoms with van der Waals surface area (Å²) in [5.41, 5.74) is 4.37. The zero-order valence-corrected chi connectivity index (χ0v) is 14.7. The average molecular weight is 370 g/mol. The van der Waals surface area contributed by atoms with Crippen molar-refractivity contribution in [3.63, 3.8) is 0 Å². The van der Waals surface area contributed by atoms with Gasteiger partial charge in [-0.15, -0.1) is 0 Å². The molecular weight excluding hydrogens is 352 g/mol. The van der Waals surface area contributed by atoms with Crippen LogP contribution in [0.4, 0.5) is 5.69 Å². The zero-order valence-electron chi connectivity index (χ0n) is 13.8. The number of hydrogen-bond donors (Lipinski definition) is 3. The molecule has 1 amide bonds. The topological polar surface area (TPSA) is 95.5 Å². The van der Waals surface area contributed by atoms with E-state index >= 15 is 0 Å². The summed E-state index contributed by atoms with van der Waals surface area (Å²) < 4.78 is 28.1. The molecular formula is C19H18N2O4S. The molecule has 0 radical (unpaired) electrons. The third-order valence-corrected chi connectivity index (χ3v) is 5.45. The molecule has 0 unspecified atom stereocenters. The molecule has 0 spiro atoms. The van der Waals surface area contributed by atoms with Gasteiger partial charge in [0, 0.05) is 11.8 Å². The number of fused-ring (bicyclic) bond motifs is 1. The second-order valence-electron chi connectivity index (χ2n) is 5.81. The van der Waals surface area contributed by atoms with Crippen molar-refractivity contribution in [2.24, 2.45) is 0 Å². The van der Waals surface area contributed by atoms with E-state index in [1.54, 1.807) is 36.4 Å². The van der Waals surface area contributed by atoms with Gasteiger partial charge in [0.1, 0.15) is 0 Å². The molecule has 0 atom stereocenters. The van der Waals surface area contributed by atoms with Gasteiger partial charge < -0.3 is 0 Å². The molecule has 26 heavy (non-hydrogen) atoms. The van der Waals surface area contributed by atoms with Crippen molar-refractivity contribution >= 4 is 33.8 Å². The molecule has 2 aromatic rings. The second kappa shape index (κ2) is 7.55. The third kappa shape index (κ3) is 4.01. The first-order valence-electron chi connectivity index (χ1n) is 8.03. The number of aryl methyl sites for hydroxylation is 1. The lowest BCUT2D eigenvalue weighted by Crippen LogP contribution is -2.15. The molecule has 1 aliphatic carbocycles. The molecule has 134 valence electrons. The van der Waals surface area contributed by atoms with Crippen LogP contribution < -0.4 is 10.2 Å². The fourth-order valence-electron chi connectivity index (χ4n) is 2.75. The molecule has 3 rings (SSSR count). The smallest absolute Gasteiger partial charge is 0.267 e. The normalized spacial score (nSPS) is 13.4. The van der Waals surface area contributed by atoms with Gasteiger partial charge >= 0.3 is 0 Å². The van der Waals surface area contributed by atoms with Crippen LogP contribution in [-0.2, 0) is 21.2 Å². The Morgan fingerprint density at radius 2 is 1.88 bits per heavy atom. The van der Waals surface area contributed by atoms with Gasteiger partial charge in [0.25, 0.3) is 15.9 Å². The van der Waals surface area contributed by atoms with Gasteiger partial charge in [-0.25, -0.2) is 13.9 Å². The summed E-state index contributed by atoms with van der Waals surface area (Å²) in [6, 6.07) is 11.9. The summed E-state index contributed by atoms with van der Waals surface area (Å²) in [6.45, 7) is 0. The first-order chi connectivity index (χ1) is 12.5. The van der Waals surface area contributed by atoms with E-state index in [9.17, 15) is 13.2 Å². The Morgan fingerprint density at radius 3 is 2.62 bits per heavy atom. The van der Waals surface area contributed by atoms with Crippen molar-refractivity contribution in [3.05, 3.63) is 71.3 Å². The fraction of sp³-hybridized carbons (Fsp3) is 0.105. The van der Waals surface area contributed by atoms with Crippen LogP contribution in [0.15, 0.2) is 59.5 Å². The molecule has 0 aromatic heterocycles. The van der Waals surface area contributed by atoms with E-state index in [4.69, 9.17) is 5.21 Å². The molecule has 1 aliphatic rings. The highest BCUT2D eigenvalue weighted by Gasteiger charge is 2.20. The maximum Gasteiger partial charge on any atom is 0.267 e. The first-order valence-corrected chi connectivity index (χ1v) is 9.51. The zero-order chi connectivity index (χ0) is 18.6. The van der Waals surface area contributed by atoms with E-state index in [0.717, 1.165) is 24.0 Å². The lowest BCUT2D eigenvalue weighted by Gasteiger charge is -2.16. The number of carbonyl (C=O) groups is 1. The standard InChI is InChI=1S/C19H18N2O4S/c22-19(20-23)13-10-14-8-11-16(12-9-14)21-26(24,25)18-7-3-5-15-4-1-2-6-17(15)18/h2-3,5-13,21,23H,1,4H2,(H,20,22)/b13-10+. The minimum Gasteiger partial charge on any atom is -0.288 e. The SMILES string of the molecule is O=C(/C=C/c1ccc(NS(=O)(=O)c2cccc3c2C=CCC3)cc1)NO. The van der Waals surface area contributed by atoms with Gasteiger partial charge in [-0.3, -0.25) is 14.7 Å². The first kappa shape index (κ1) is 17.9. The molecule has 0 heterocycles. The summed E-state index contributed by atoms with van der Waals surface area (Å²) in [7, 11) is -3.71. The molecule has 0 aliphatic heterocycles. The number of anilines is 1. The quantitative estimate of drug-likeness (QED) is 0.428. The van der Waals surface area contributed by atoms with Crippen molar-refractivity contribution in [1.82, 2.24) is 5.48 Å². The Labute approximate surface area is 151 Å². The maximum atomic E-state index is 12.8. The van der Waals surface area contributed by atoms with Crippen LogP contribution in [0.2, 0.25) is 0 Å². The molecule has 0 saturated heterocycles. The Morgan fingerprint density at radius 1 is 1.12 bits per heavy atom. The molecule has 2 aromatic carbocycles. The number of sulfonamides is 1. The van der Waals surface area contributed by atoms with Gasteiger partial charge in [-0.2, -0.15) is 0 Å². The fourth-order valence-corrected chi connectivity index (χ4v) is 4.06. The second-order valence-corrected chi connectivity index (χ2v) is 7.46. The summed E-state index contributed by atoms with van der Waals surface area (Å²) in [4.78, 5) is 11.2. The van der Waals surface area contributed by atoms with Crippen LogP contribution in [0.1, 0.15) is 23.1 Å². The van der Waals surface area contributed by atoms with Crippen LogP contribution in [0.25, 0.3) is 12.2 Å². The van der Waals surface area contributed by atoms with E-state index < -0.39 is 15.9 Å². The van der Waals surface area contributed by atoms with Crippen molar-refractivity contribution < 1.29 is 18.4 Å². The molecule has 7 heteroatoms. The highest BCUT2D eigenvalue weighted by atomic mass is 32.2. The number of hydroxylamine groups is 1. The van der Waals surface area contributed by atoms with Crippen molar-refractivity contribution in [1.29, 1.82) is 0 Å². The number of nitrogens with one attached hydrogen (secondary N) is 2. The third-order valence-electron chi connectivity index (χ3n) is 4.01. The minimum absolute atomic E-state index is 0.259. The molecule has 0 saturated carbocycles. The van der Waals surface area contributed by atoms with Crippen molar-refractivity contribution in [2.45, 2.75) is 17.7 Å². The van der Waals surface area contributed by atoms with E-state index in [-0.39, 0.29) is 4.90 Å². The van der Waals surface area contributed by atoms with Crippen LogP contribution in [0, 0.1) is 0 Å². The number of rotatable bonds is 5. The summed E-state index contributed by atoms with van der Waals surface area (Å²) in [5.74, 6) is -0.642. The van der Waals surface area contributed by atoms with E-state index in [1.165, 1.54) is 17.6 Å². The number of allylic oxidation sites excluding steroid dienone is 1. The van der Waals surface area contributed by atoms with E-state index in [2.05, 4.69) is 4.72 Å². The Bertz CT molecular complexity index is 977. The summed E-state index contributed by atoms with van der Waals surface area (Å²) >= 11 is 0. The predicted molar refractivity (Wildman–Crippen MR) is 100 cm³/mol. The lowest BCUT2D eigenvalue weighted by atomic mass is 9.98.